The molecule has 1 aliphatic rings. The molecule has 2 heterocycles. The minimum Gasteiger partial charge on any atom is -0.486 e. The highest BCUT2D eigenvalue weighted by atomic mass is 32.2. The van der Waals surface area contributed by atoms with Crippen LogP contribution in [0, 0.1) is 0 Å². The van der Waals surface area contributed by atoms with Gasteiger partial charge in [-0.1, -0.05) is 23.9 Å². The number of para-hydroxylation sites is 2. The number of nitrogens with one attached hydrogen (secondary N) is 1. The molecule has 3 rings (SSSR count). The van der Waals surface area contributed by atoms with Crippen molar-refractivity contribution in [1.82, 2.24) is 20.1 Å². The Balaban J connectivity index is 1.46. The SMILES string of the molecule is Cn1c(SCC(=O)NC[C@@H]2COc3ccccc3O2)nnc1C(F)(F)F. The standard InChI is InChI=1S/C15H15F3N4O3S/c1-22-13(15(16,17)18)20-21-14(22)26-8-12(23)19-6-9-7-24-10-4-2-3-5-11(10)25-9/h2-5,9H,6-8H2,1H3,(H,19,23)/t9-/m1/s1. The first-order chi connectivity index (χ1) is 12.3. The first-order valence-corrected chi connectivity index (χ1v) is 8.57. The molecule has 26 heavy (non-hydrogen) atoms. The molecular weight excluding hydrogens is 373 g/mol. The summed E-state index contributed by atoms with van der Waals surface area (Å²) in [5.41, 5.74) is 0. The maximum atomic E-state index is 12.7. The van der Waals surface area contributed by atoms with Gasteiger partial charge < -0.3 is 19.4 Å². The van der Waals surface area contributed by atoms with Crippen LogP contribution in [0.4, 0.5) is 13.2 Å². The van der Waals surface area contributed by atoms with Crippen molar-refractivity contribution >= 4 is 17.7 Å². The number of carbonyl (C=O) groups is 1. The number of thioether (sulfide) groups is 1. The van der Waals surface area contributed by atoms with Crippen LogP contribution in [0.5, 0.6) is 11.5 Å². The molecule has 1 amide bonds. The summed E-state index contributed by atoms with van der Waals surface area (Å²) in [7, 11) is 1.20. The molecule has 140 valence electrons. The molecule has 1 aromatic heterocycles. The van der Waals surface area contributed by atoms with Gasteiger partial charge in [0.15, 0.2) is 16.7 Å². The Morgan fingerprint density at radius 3 is 2.77 bits per heavy atom. The van der Waals surface area contributed by atoms with Crippen LogP contribution in [0.25, 0.3) is 0 Å². The largest absolute Gasteiger partial charge is 0.486 e. The van der Waals surface area contributed by atoms with Gasteiger partial charge in [-0.3, -0.25) is 4.79 Å². The molecule has 0 radical (unpaired) electrons. The summed E-state index contributed by atoms with van der Waals surface area (Å²) in [6.07, 6.45) is -4.93. The lowest BCUT2D eigenvalue weighted by Crippen LogP contribution is -2.41. The third kappa shape index (κ3) is 4.21. The molecule has 1 N–H and O–H groups in total. The number of halogens is 3. The van der Waals surface area contributed by atoms with E-state index in [4.69, 9.17) is 9.47 Å². The van der Waals surface area contributed by atoms with Crippen LogP contribution in [0.15, 0.2) is 29.4 Å². The normalized spacial score (nSPS) is 16.4. The van der Waals surface area contributed by atoms with E-state index in [1.54, 1.807) is 12.1 Å². The highest BCUT2D eigenvalue weighted by Gasteiger charge is 2.37. The summed E-state index contributed by atoms with van der Waals surface area (Å²) < 4.78 is 50.0. The Hall–Kier alpha value is -2.43. The van der Waals surface area contributed by atoms with Gasteiger partial charge in [0.1, 0.15) is 12.7 Å². The van der Waals surface area contributed by atoms with Gasteiger partial charge in [0.05, 0.1) is 12.3 Å². The summed E-state index contributed by atoms with van der Waals surface area (Å²) in [6, 6.07) is 7.20. The van der Waals surface area contributed by atoms with Crippen LogP contribution in [0.2, 0.25) is 0 Å². The molecule has 0 saturated carbocycles. The van der Waals surface area contributed by atoms with Gasteiger partial charge >= 0.3 is 6.18 Å². The van der Waals surface area contributed by atoms with E-state index >= 15 is 0 Å². The van der Waals surface area contributed by atoms with Crippen molar-refractivity contribution in [2.75, 3.05) is 18.9 Å². The highest BCUT2D eigenvalue weighted by Crippen LogP contribution is 2.31. The summed E-state index contributed by atoms with van der Waals surface area (Å²) in [5.74, 6) is -0.297. The first-order valence-electron chi connectivity index (χ1n) is 7.59. The number of ether oxygens (including phenoxy) is 2. The van der Waals surface area contributed by atoms with Crippen LogP contribution < -0.4 is 14.8 Å². The average Bonchev–Trinajstić information content (AvgIpc) is 2.99. The molecule has 0 fully saturated rings. The Kier molecular flexibility index (Phi) is 5.25. The van der Waals surface area contributed by atoms with Crippen LogP contribution in [-0.4, -0.2) is 45.7 Å². The zero-order valence-corrected chi connectivity index (χ0v) is 14.4. The fourth-order valence-electron chi connectivity index (χ4n) is 2.26. The minimum absolute atomic E-state index is 0.0126. The summed E-state index contributed by atoms with van der Waals surface area (Å²) in [4.78, 5) is 11.9. The maximum Gasteiger partial charge on any atom is 0.451 e. The molecule has 0 spiro atoms. The van der Waals surface area contributed by atoms with Crippen molar-refractivity contribution in [2.24, 2.45) is 7.05 Å². The second kappa shape index (κ2) is 7.44. The number of aromatic nitrogens is 3. The monoisotopic (exact) mass is 388 g/mol. The Labute approximate surface area is 150 Å². The van der Waals surface area contributed by atoms with E-state index in [0.29, 0.717) is 18.1 Å². The quantitative estimate of drug-likeness (QED) is 0.788. The molecule has 11 heteroatoms. The van der Waals surface area contributed by atoms with Crippen molar-refractivity contribution in [3.8, 4) is 11.5 Å². The maximum absolute atomic E-state index is 12.7. The van der Waals surface area contributed by atoms with Gasteiger partial charge in [0.25, 0.3) is 0 Å². The van der Waals surface area contributed by atoms with E-state index < -0.39 is 12.0 Å². The number of rotatable bonds is 5. The predicted molar refractivity (Wildman–Crippen MR) is 86.1 cm³/mol. The fourth-order valence-corrected chi connectivity index (χ4v) is 3.00. The molecule has 1 atom stereocenters. The van der Waals surface area contributed by atoms with Gasteiger partial charge in [-0.2, -0.15) is 13.2 Å². The van der Waals surface area contributed by atoms with Gasteiger partial charge in [0, 0.05) is 7.05 Å². The zero-order chi connectivity index (χ0) is 18.7. The number of alkyl halides is 3. The Morgan fingerprint density at radius 1 is 1.35 bits per heavy atom. The smallest absolute Gasteiger partial charge is 0.451 e. The summed E-state index contributed by atoms with van der Waals surface area (Å²) in [5, 5.41) is 9.24. The fraction of sp³-hybridized carbons (Fsp3) is 0.400. The Morgan fingerprint density at radius 2 is 2.08 bits per heavy atom. The van der Waals surface area contributed by atoms with E-state index in [1.807, 2.05) is 12.1 Å². The zero-order valence-electron chi connectivity index (χ0n) is 13.6. The van der Waals surface area contributed by atoms with Crippen molar-refractivity contribution in [3.05, 3.63) is 30.1 Å². The van der Waals surface area contributed by atoms with Crippen molar-refractivity contribution < 1.29 is 27.4 Å². The van der Waals surface area contributed by atoms with E-state index in [0.717, 1.165) is 16.3 Å². The summed E-state index contributed by atoms with van der Waals surface area (Å²) in [6.45, 7) is 0.517. The lowest BCUT2D eigenvalue weighted by molar-refractivity contribution is -0.147. The molecule has 0 saturated heterocycles. The molecule has 7 nitrogen and oxygen atoms in total. The van der Waals surface area contributed by atoms with Crippen molar-refractivity contribution in [3.63, 3.8) is 0 Å². The highest BCUT2D eigenvalue weighted by molar-refractivity contribution is 7.99. The third-order valence-corrected chi connectivity index (χ3v) is 4.54. The number of hydrogen-bond acceptors (Lipinski definition) is 6. The number of carbonyl (C=O) groups excluding carboxylic acids is 1. The number of nitrogens with zero attached hydrogens (tertiary/aromatic N) is 3. The molecule has 1 aliphatic heterocycles. The third-order valence-electron chi connectivity index (χ3n) is 3.52. The molecule has 0 bridgehead atoms. The first kappa shape index (κ1) is 18.4. The number of amides is 1. The van der Waals surface area contributed by atoms with E-state index in [2.05, 4.69) is 15.5 Å². The van der Waals surface area contributed by atoms with Gasteiger partial charge in [0.2, 0.25) is 11.7 Å². The second-order valence-corrected chi connectivity index (χ2v) is 6.40. The lowest BCUT2D eigenvalue weighted by atomic mass is 10.2. The topological polar surface area (TPSA) is 78.3 Å². The number of fused-ring (bicyclic) bond motifs is 1. The van der Waals surface area contributed by atoms with E-state index in [9.17, 15) is 18.0 Å². The predicted octanol–water partition coefficient (Wildman–Crippen LogP) is 1.88. The van der Waals surface area contributed by atoms with E-state index in [-0.39, 0.29) is 29.5 Å². The van der Waals surface area contributed by atoms with Gasteiger partial charge in [-0.05, 0) is 12.1 Å². The minimum atomic E-state index is -4.59. The van der Waals surface area contributed by atoms with E-state index in [1.165, 1.54) is 7.05 Å². The molecule has 1 aromatic carbocycles. The molecule has 0 unspecified atom stereocenters. The second-order valence-electron chi connectivity index (χ2n) is 5.45. The van der Waals surface area contributed by atoms with Crippen LogP contribution >= 0.6 is 11.8 Å². The molecular formula is C15H15F3N4O3S. The summed E-state index contributed by atoms with van der Waals surface area (Å²) >= 11 is 0.873. The van der Waals surface area contributed by atoms with Gasteiger partial charge in [-0.25, -0.2) is 0 Å². The number of hydrogen-bond donors (Lipinski definition) is 1. The van der Waals surface area contributed by atoms with Gasteiger partial charge in [-0.15, -0.1) is 10.2 Å². The van der Waals surface area contributed by atoms with Crippen LogP contribution in [0.1, 0.15) is 5.82 Å². The van der Waals surface area contributed by atoms with Crippen LogP contribution in [0.3, 0.4) is 0 Å². The van der Waals surface area contributed by atoms with Crippen LogP contribution in [-0.2, 0) is 18.0 Å². The average molecular weight is 388 g/mol. The number of benzene rings is 1. The van der Waals surface area contributed by atoms with Crippen molar-refractivity contribution in [2.45, 2.75) is 17.4 Å². The molecule has 0 aliphatic carbocycles. The lowest BCUT2D eigenvalue weighted by Gasteiger charge is -2.26. The molecule has 2 aromatic rings. The Bertz CT molecular complexity index is 797. The van der Waals surface area contributed by atoms with Crippen molar-refractivity contribution in [1.29, 1.82) is 0 Å².